The molecule has 0 heterocycles. The monoisotopic (exact) mass is 169 g/mol. The van der Waals surface area contributed by atoms with Crippen molar-refractivity contribution in [2.24, 2.45) is 0 Å². The molecule has 1 aromatic rings. The summed E-state index contributed by atoms with van der Waals surface area (Å²) in [4.78, 5) is 10.4. The molecule has 58 valence electrons. The number of rotatable bonds is 1. The molecule has 0 fully saturated rings. The van der Waals surface area contributed by atoms with Gasteiger partial charge in [0, 0.05) is 5.69 Å². The highest BCUT2D eigenvalue weighted by Gasteiger charge is 1.95. The van der Waals surface area contributed by atoms with Crippen molar-refractivity contribution in [3.05, 3.63) is 29.8 Å². The summed E-state index contributed by atoms with van der Waals surface area (Å²) >= 11 is 5.11. The van der Waals surface area contributed by atoms with Crippen LogP contribution >= 0.6 is 11.6 Å². The summed E-state index contributed by atoms with van der Waals surface area (Å²) in [5.74, 6) is 0. The first-order valence-electron chi connectivity index (χ1n) is 3.21. The topological polar surface area (TPSA) is 29.1 Å². The van der Waals surface area contributed by atoms with Crippen LogP contribution in [0, 0.1) is 6.92 Å². The summed E-state index contributed by atoms with van der Waals surface area (Å²) < 4.78 is 0. The van der Waals surface area contributed by atoms with Crippen LogP contribution in [0.2, 0.25) is 0 Å². The number of anilines is 1. The zero-order valence-corrected chi connectivity index (χ0v) is 6.85. The van der Waals surface area contributed by atoms with Gasteiger partial charge in [0.2, 0.25) is 0 Å². The zero-order chi connectivity index (χ0) is 8.27. The summed E-state index contributed by atoms with van der Waals surface area (Å²) in [6.07, 6.45) is 0. The van der Waals surface area contributed by atoms with Gasteiger partial charge in [-0.15, -0.1) is 0 Å². The molecule has 0 atom stereocenters. The summed E-state index contributed by atoms with van der Waals surface area (Å²) in [6, 6.07) is 7.44. The molecule has 1 amide bonds. The van der Waals surface area contributed by atoms with Crippen molar-refractivity contribution in [1.29, 1.82) is 0 Å². The van der Waals surface area contributed by atoms with Crippen LogP contribution in [0.4, 0.5) is 10.5 Å². The summed E-state index contributed by atoms with van der Waals surface area (Å²) in [5.41, 5.74) is 1.82. The average molecular weight is 170 g/mol. The molecule has 11 heavy (non-hydrogen) atoms. The van der Waals surface area contributed by atoms with Gasteiger partial charge in [-0.1, -0.05) is 12.1 Å². The number of hydrogen-bond acceptors (Lipinski definition) is 1. The van der Waals surface area contributed by atoms with Crippen LogP contribution in [-0.2, 0) is 0 Å². The first kappa shape index (κ1) is 8.08. The van der Waals surface area contributed by atoms with E-state index in [9.17, 15) is 4.79 Å². The molecule has 0 saturated heterocycles. The van der Waals surface area contributed by atoms with E-state index < -0.39 is 5.37 Å². The maximum absolute atomic E-state index is 10.4. The molecule has 0 aliphatic carbocycles. The third-order valence-electron chi connectivity index (χ3n) is 1.26. The fraction of sp³-hybridized carbons (Fsp3) is 0.125. The lowest BCUT2D eigenvalue weighted by Gasteiger charge is -1.99. The van der Waals surface area contributed by atoms with Crippen LogP contribution in [0.15, 0.2) is 24.3 Å². The van der Waals surface area contributed by atoms with Gasteiger partial charge in [-0.3, -0.25) is 4.79 Å². The Morgan fingerprint density at radius 3 is 2.82 bits per heavy atom. The highest BCUT2D eigenvalue weighted by Crippen LogP contribution is 2.09. The lowest BCUT2D eigenvalue weighted by molar-refractivity contribution is 0.269. The van der Waals surface area contributed by atoms with Gasteiger partial charge in [-0.05, 0) is 36.2 Å². The second-order valence-electron chi connectivity index (χ2n) is 2.27. The van der Waals surface area contributed by atoms with E-state index in [1.54, 1.807) is 6.07 Å². The number of carbonyl (C=O) groups is 1. The van der Waals surface area contributed by atoms with Gasteiger partial charge in [0.25, 0.3) is 0 Å². The molecule has 0 aromatic heterocycles. The molecule has 3 heteroatoms. The Morgan fingerprint density at radius 1 is 1.55 bits per heavy atom. The standard InChI is InChI=1S/C8H8ClNO/c1-6-3-2-4-7(5-6)10-8(9)11/h2-5H,1H3,(H,10,11). The largest absolute Gasteiger partial charge is 0.318 e. The zero-order valence-electron chi connectivity index (χ0n) is 6.10. The smallest absolute Gasteiger partial charge is 0.312 e. The molecule has 0 unspecified atom stereocenters. The van der Waals surface area contributed by atoms with Crippen LogP contribution in [-0.4, -0.2) is 5.37 Å². The third-order valence-corrected chi connectivity index (χ3v) is 1.36. The molecular weight excluding hydrogens is 162 g/mol. The molecule has 0 spiro atoms. The van der Waals surface area contributed by atoms with Crippen molar-refractivity contribution in [2.45, 2.75) is 6.92 Å². The van der Waals surface area contributed by atoms with Crippen molar-refractivity contribution in [2.75, 3.05) is 5.32 Å². The highest BCUT2D eigenvalue weighted by atomic mass is 35.5. The minimum absolute atomic E-state index is 0.560. The SMILES string of the molecule is Cc1cccc(NC(=O)Cl)c1. The minimum Gasteiger partial charge on any atom is -0.312 e. The van der Waals surface area contributed by atoms with E-state index in [1.165, 1.54) is 0 Å². The average Bonchev–Trinajstić information content (AvgIpc) is 1.85. The van der Waals surface area contributed by atoms with Gasteiger partial charge < -0.3 is 5.32 Å². The van der Waals surface area contributed by atoms with Gasteiger partial charge in [0.15, 0.2) is 0 Å². The number of nitrogens with one attached hydrogen (secondary N) is 1. The molecule has 1 rings (SSSR count). The molecule has 0 aliphatic rings. The summed E-state index contributed by atoms with van der Waals surface area (Å²) in [6.45, 7) is 1.95. The number of carbonyl (C=O) groups excluding carboxylic acids is 1. The lowest BCUT2D eigenvalue weighted by Crippen LogP contribution is -2.00. The number of aryl methyl sites for hydroxylation is 1. The molecule has 0 bridgehead atoms. The van der Waals surface area contributed by atoms with E-state index in [2.05, 4.69) is 5.32 Å². The fourth-order valence-corrected chi connectivity index (χ4v) is 0.945. The Morgan fingerprint density at radius 2 is 2.27 bits per heavy atom. The van der Waals surface area contributed by atoms with Gasteiger partial charge in [0.05, 0.1) is 0 Å². The Labute approximate surface area is 70.2 Å². The van der Waals surface area contributed by atoms with Crippen LogP contribution in [0.3, 0.4) is 0 Å². The first-order valence-corrected chi connectivity index (χ1v) is 3.59. The minimum atomic E-state index is -0.560. The van der Waals surface area contributed by atoms with Crippen LogP contribution < -0.4 is 5.32 Å². The summed E-state index contributed by atoms with van der Waals surface area (Å²) in [5, 5.41) is 1.91. The third kappa shape index (κ3) is 2.60. The summed E-state index contributed by atoms with van der Waals surface area (Å²) in [7, 11) is 0. The normalized spacial score (nSPS) is 9.27. The van der Waals surface area contributed by atoms with Crippen molar-refractivity contribution in [3.63, 3.8) is 0 Å². The van der Waals surface area contributed by atoms with Crippen LogP contribution in [0.25, 0.3) is 0 Å². The Hall–Kier alpha value is -1.02. The number of hydrogen-bond donors (Lipinski definition) is 1. The second-order valence-corrected chi connectivity index (χ2v) is 2.61. The molecule has 2 nitrogen and oxygen atoms in total. The molecule has 0 saturated carbocycles. The predicted octanol–water partition coefficient (Wildman–Crippen LogP) is 2.77. The van der Waals surface area contributed by atoms with E-state index >= 15 is 0 Å². The number of halogens is 1. The van der Waals surface area contributed by atoms with Crippen LogP contribution in [0.5, 0.6) is 0 Å². The molecule has 0 radical (unpaired) electrons. The van der Waals surface area contributed by atoms with E-state index in [-0.39, 0.29) is 0 Å². The van der Waals surface area contributed by atoms with Crippen molar-refractivity contribution >= 4 is 22.7 Å². The number of amides is 1. The molecule has 1 aromatic carbocycles. The van der Waals surface area contributed by atoms with Crippen molar-refractivity contribution < 1.29 is 4.79 Å². The second kappa shape index (κ2) is 3.39. The van der Waals surface area contributed by atoms with Gasteiger partial charge >= 0.3 is 5.37 Å². The quantitative estimate of drug-likeness (QED) is 0.508. The predicted molar refractivity (Wildman–Crippen MR) is 46.1 cm³/mol. The lowest BCUT2D eigenvalue weighted by atomic mass is 10.2. The van der Waals surface area contributed by atoms with Crippen molar-refractivity contribution in [1.82, 2.24) is 0 Å². The van der Waals surface area contributed by atoms with Gasteiger partial charge in [-0.2, -0.15) is 0 Å². The molecule has 0 aliphatic heterocycles. The first-order chi connectivity index (χ1) is 5.18. The maximum atomic E-state index is 10.4. The fourth-order valence-electron chi connectivity index (χ4n) is 0.836. The van der Waals surface area contributed by atoms with Gasteiger partial charge in [0.1, 0.15) is 0 Å². The molecular formula is C8H8ClNO. The Bertz CT molecular complexity index is 273. The maximum Gasteiger partial charge on any atom is 0.318 e. The number of benzene rings is 1. The van der Waals surface area contributed by atoms with E-state index in [0.29, 0.717) is 0 Å². The van der Waals surface area contributed by atoms with E-state index in [0.717, 1.165) is 11.3 Å². The molecule has 1 N–H and O–H groups in total. The van der Waals surface area contributed by atoms with Gasteiger partial charge in [-0.25, -0.2) is 0 Å². The van der Waals surface area contributed by atoms with E-state index in [4.69, 9.17) is 11.6 Å². The van der Waals surface area contributed by atoms with E-state index in [1.807, 2.05) is 25.1 Å². The Balaban J connectivity index is 2.79. The Kier molecular flexibility index (Phi) is 2.49. The van der Waals surface area contributed by atoms with Crippen molar-refractivity contribution in [3.8, 4) is 0 Å². The highest BCUT2D eigenvalue weighted by molar-refractivity contribution is 6.65. The van der Waals surface area contributed by atoms with Crippen LogP contribution in [0.1, 0.15) is 5.56 Å².